The van der Waals surface area contributed by atoms with Crippen LogP contribution in [0.3, 0.4) is 0 Å². The van der Waals surface area contributed by atoms with Gasteiger partial charge >= 0.3 is 0 Å². The van der Waals surface area contributed by atoms with Crippen molar-refractivity contribution in [2.75, 3.05) is 0 Å². The van der Waals surface area contributed by atoms with Crippen molar-refractivity contribution in [1.29, 1.82) is 0 Å². The van der Waals surface area contributed by atoms with Gasteiger partial charge in [-0.15, -0.1) is 0 Å². The fourth-order valence-corrected chi connectivity index (χ4v) is 2.05. The predicted molar refractivity (Wildman–Crippen MR) is 72.9 cm³/mol. The van der Waals surface area contributed by atoms with Crippen LogP contribution in [0.25, 0.3) is 22.2 Å². The minimum Gasteiger partial charge on any atom is -0.364 e. The highest BCUT2D eigenvalue weighted by atomic mass is 16.1. The van der Waals surface area contributed by atoms with E-state index in [4.69, 9.17) is 5.73 Å². The first-order valence-electron chi connectivity index (χ1n) is 5.76. The van der Waals surface area contributed by atoms with Gasteiger partial charge in [-0.25, -0.2) is 0 Å². The third kappa shape index (κ3) is 1.91. The second kappa shape index (κ2) is 4.13. The molecule has 3 rings (SSSR count). The van der Waals surface area contributed by atoms with Gasteiger partial charge in [-0.2, -0.15) is 0 Å². The quantitative estimate of drug-likeness (QED) is 0.647. The van der Waals surface area contributed by atoms with Crippen LogP contribution in [0.2, 0.25) is 0 Å². The van der Waals surface area contributed by atoms with Crippen LogP contribution in [0, 0.1) is 0 Å². The number of amides is 1. The number of benzene rings is 1. The van der Waals surface area contributed by atoms with E-state index in [1.807, 2.05) is 30.3 Å². The van der Waals surface area contributed by atoms with Gasteiger partial charge in [0, 0.05) is 10.9 Å². The van der Waals surface area contributed by atoms with Gasteiger partial charge in [0.25, 0.3) is 11.5 Å². The number of pyridine rings is 1. The average Bonchev–Trinajstić information content (AvgIpc) is 2.81. The van der Waals surface area contributed by atoms with E-state index in [0.29, 0.717) is 11.3 Å². The summed E-state index contributed by atoms with van der Waals surface area (Å²) in [5.41, 5.74) is 7.01. The summed E-state index contributed by atoms with van der Waals surface area (Å²) in [6.45, 7) is 0. The normalized spacial score (nSPS) is 10.7. The van der Waals surface area contributed by atoms with Crippen molar-refractivity contribution >= 4 is 16.8 Å². The van der Waals surface area contributed by atoms with Gasteiger partial charge in [-0.3, -0.25) is 9.59 Å². The smallest absolute Gasteiger partial charge is 0.265 e. The topological polar surface area (TPSA) is 91.7 Å². The highest BCUT2D eigenvalue weighted by Gasteiger charge is 2.09. The molecule has 0 unspecified atom stereocenters. The Hall–Kier alpha value is -2.82. The molecule has 0 atom stereocenters. The molecule has 0 spiro atoms. The fraction of sp³-hybridized carbons (Fsp3) is 0. The number of fused-ring (bicyclic) bond motifs is 1. The molecule has 1 amide bonds. The minimum atomic E-state index is -0.653. The Kier molecular flexibility index (Phi) is 2.45. The van der Waals surface area contributed by atoms with E-state index in [9.17, 15) is 9.59 Å². The van der Waals surface area contributed by atoms with E-state index in [2.05, 4.69) is 9.97 Å². The molecule has 19 heavy (non-hydrogen) atoms. The van der Waals surface area contributed by atoms with Crippen LogP contribution >= 0.6 is 0 Å². The van der Waals surface area contributed by atoms with Crippen LogP contribution in [0.4, 0.5) is 0 Å². The Morgan fingerprint density at radius 3 is 2.53 bits per heavy atom. The summed E-state index contributed by atoms with van der Waals surface area (Å²) in [5.74, 6) is -0.653. The van der Waals surface area contributed by atoms with Gasteiger partial charge in [-0.05, 0) is 24.3 Å². The zero-order valence-corrected chi connectivity index (χ0v) is 9.94. The summed E-state index contributed by atoms with van der Waals surface area (Å²) in [6, 6.07) is 12.7. The summed E-state index contributed by atoms with van der Waals surface area (Å²) in [4.78, 5) is 28.6. The maximum Gasteiger partial charge on any atom is 0.265 e. The molecule has 2 aromatic heterocycles. The first kappa shape index (κ1) is 11.3. The maximum absolute atomic E-state index is 11.9. The van der Waals surface area contributed by atoms with Crippen molar-refractivity contribution in [2.45, 2.75) is 0 Å². The molecule has 0 aliphatic heterocycles. The van der Waals surface area contributed by atoms with Crippen molar-refractivity contribution in [1.82, 2.24) is 9.97 Å². The minimum absolute atomic E-state index is 0.102. The third-order valence-electron chi connectivity index (χ3n) is 3.00. The molecule has 0 saturated heterocycles. The molecule has 5 nitrogen and oxygen atoms in total. The Labute approximate surface area is 108 Å². The van der Waals surface area contributed by atoms with Gasteiger partial charge in [-0.1, -0.05) is 18.2 Å². The summed E-state index contributed by atoms with van der Waals surface area (Å²) < 4.78 is 0. The van der Waals surface area contributed by atoms with Gasteiger partial charge in [0.1, 0.15) is 5.69 Å². The summed E-state index contributed by atoms with van der Waals surface area (Å²) >= 11 is 0. The molecule has 0 aliphatic carbocycles. The molecule has 0 saturated carbocycles. The van der Waals surface area contributed by atoms with E-state index in [-0.39, 0.29) is 11.3 Å². The second-order valence-corrected chi connectivity index (χ2v) is 4.25. The third-order valence-corrected chi connectivity index (χ3v) is 3.00. The number of aromatic nitrogens is 2. The van der Waals surface area contributed by atoms with Crippen molar-refractivity contribution in [2.24, 2.45) is 5.73 Å². The van der Waals surface area contributed by atoms with E-state index in [0.717, 1.165) is 10.9 Å². The molecular formula is C14H11N3O2. The van der Waals surface area contributed by atoms with Crippen LogP contribution in [0.5, 0.6) is 0 Å². The Bertz CT molecular complexity index is 797. The molecule has 1 aromatic carbocycles. The average molecular weight is 253 g/mol. The number of carbonyl (C=O) groups excluding carboxylic acids is 1. The lowest BCUT2D eigenvalue weighted by atomic mass is 10.2. The van der Waals surface area contributed by atoms with Gasteiger partial charge in [0.15, 0.2) is 0 Å². The van der Waals surface area contributed by atoms with Crippen molar-refractivity contribution in [3.8, 4) is 11.3 Å². The SMILES string of the molecule is NC(=O)c1ccc(-c2cc3ccccc3[nH]2)c(=O)[nH]1. The lowest BCUT2D eigenvalue weighted by Gasteiger charge is -1.99. The number of primary amides is 1. The van der Waals surface area contributed by atoms with Gasteiger partial charge in [0.05, 0.1) is 11.3 Å². The summed E-state index contributed by atoms with van der Waals surface area (Å²) in [5, 5.41) is 1.02. The number of rotatable bonds is 2. The second-order valence-electron chi connectivity index (χ2n) is 4.25. The van der Waals surface area contributed by atoms with Crippen molar-refractivity contribution in [3.63, 3.8) is 0 Å². The molecule has 0 aliphatic rings. The van der Waals surface area contributed by atoms with Gasteiger partial charge < -0.3 is 15.7 Å². The van der Waals surface area contributed by atoms with E-state index >= 15 is 0 Å². The molecule has 0 bridgehead atoms. The van der Waals surface area contributed by atoms with Crippen LogP contribution in [0.15, 0.2) is 47.3 Å². The Morgan fingerprint density at radius 2 is 1.84 bits per heavy atom. The van der Waals surface area contributed by atoms with Crippen molar-refractivity contribution in [3.05, 3.63) is 58.5 Å². The zero-order valence-electron chi connectivity index (χ0n) is 9.94. The Balaban J connectivity index is 2.16. The number of carbonyl (C=O) groups is 1. The number of nitrogens with one attached hydrogen (secondary N) is 2. The lowest BCUT2D eigenvalue weighted by Crippen LogP contribution is -2.19. The van der Waals surface area contributed by atoms with E-state index in [1.54, 1.807) is 6.07 Å². The van der Waals surface area contributed by atoms with E-state index < -0.39 is 5.91 Å². The zero-order chi connectivity index (χ0) is 13.4. The number of H-pyrrole nitrogens is 2. The molecular weight excluding hydrogens is 242 g/mol. The Morgan fingerprint density at radius 1 is 1.05 bits per heavy atom. The monoisotopic (exact) mass is 253 g/mol. The molecule has 3 aromatic rings. The number of para-hydroxylation sites is 1. The van der Waals surface area contributed by atoms with E-state index in [1.165, 1.54) is 6.07 Å². The summed E-state index contributed by atoms with van der Waals surface area (Å²) in [6.07, 6.45) is 0. The molecule has 94 valence electrons. The molecule has 4 N–H and O–H groups in total. The van der Waals surface area contributed by atoms with Gasteiger partial charge in [0.2, 0.25) is 0 Å². The molecule has 0 fully saturated rings. The molecule has 5 heteroatoms. The number of nitrogens with two attached hydrogens (primary N) is 1. The molecule has 2 heterocycles. The molecule has 0 radical (unpaired) electrons. The van der Waals surface area contributed by atoms with Crippen LogP contribution < -0.4 is 11.3 Å². The largest absolute Gasteiger partial charge is 0.364 e. The van der Waals surface area contributed by atoms with Crippen LogP contribution in [-0.4, -0.2) is 15.9 Å². The number of aromatic amines is 2. The predicted octanol–water partition coefficient (Wildman–Crippen LogP) is 1.62. The highest BCUT2D eigenvalue weighted by Crippen LogP contribution is 2.21. The number of hydrogen-bond donors (Lipinski definition) is 3. The standard InChI is InChI=1S/C14H11N3O2/c15-13(18)11-6-5-9(14(19)17-11)12-7-8-3-1-2-4-10(8)16-12/h1-7,16H,(H2,15,18)(H,17,19). The number of hydrogen-bond acceptors (Lipinski definition) is 2. The summed E-state index contributed by atoms with van der Waals surface area (Å²) in [7, 11) is 0. The highest BCUT2D eigenvalue weighted by molar-refractivity contribution is 5.91. The lowest BCUT2D eigenvalue weighted by molar-refractivity contribution is 0.0995. The fourth-order valence-electron chi connectivity index (χ4n) is 2.05. The van der Waals surface area contributed by atoms with Crippen LogP contribution in [0.1, 0.15) is 10.5 Å². The maximum atomic E-state index is 11.9. The van der Waals surface area contributed by atoms with Crippen molar-refractivity contribution < 1.29 is 4.79 Å². The first-order valence-corrected chi connectivity index (χ1v) is 5.76. The first-order chi connectivity index (χ1) is 9.15. The van der Waals surface area contributed by atoms with Crippen LogP contribution in [-0.2, 0) is 0 Å².